The Morgan fingerprint density at radius 1 is 1.53 bits per heavy atom. The van der Waals surface area contributed by atoms with Gasteiger partial charge in [-0.25, -0.2) is 0 Å². The van der Waals surface area contributed by atoms with E-state index in [0.29, 0.717) is 24.2 Å². The fraction of sp³-hybridized carbons (Fsp3) is 0.636. The van der Waals surface area contributed by atoms with E-state index in [1.54, 1.807) is 13.2 Å². The van der Waals surface area contributed by atoms with Gasteiger partial charge in [0.15, 0.2) is 0 Å². The largest absolute Gasteiger partial charge is 0.352 e. The monoisotopic (exact) mass is 257 g/mol. The summed E-state index contributed by atoms with van der Waals surface area (Å²) in [6.45, 7) is 6.06. The van der Waals surface area contributed by atoms with Crippen molar-refractivity contribution in [2.24, 2.45) is 0 Å². The quantitative estimate of drug-likeness (QED) is 0.823. The van der Waals surface area contributed by atoms with Crippen molar-refractivity contribution in [1.82, 2.24) is 15.5 Å². The Bertz CT molecular complexity index is 409. The minimum atomic E-state index is -0.840. The van der Waals surface area contributed by atoms with E-state index in [0.717, 1.165) is 5.69 Å². The van der Waals surface area contributed by atoms with Gasteiger partial charge in [0.1, 0.15) is 0 Å². The molecule has 1 aromatic rings. The lowest BCUT2D eigenvalue weighted by Crippen LogP contribution is -2.28. The molecule has 2 unspecified atom stereocenters. The van der Waals surface area contributed by atoms with Crippen LogP contribution in [0.5, 0.6) is 0 Å². The summed E-state index contributed by atoms with van der Waals surface area (Å²) < 4.78 is 11.1. The number of amides is 1. The molecule has 0 aliphatic carbocycles. The van der Waals surface area contributed by atoms with Gasteiger partial charge in [-0.1, -0.05) is 6.92 Å². The second kappa shape index (κ2) is 5.95. The van der Waals surface area contributed by atoms with Gasteiger partial charge in [-0.3, -0.25) is 14.1 Å². The number of aromatic amines is 1. The number of hydrogen-bond donors (Lipinski definition) is 2. The highest BCUT2D eigenvalue weighted by atomic mass is 32.2. The van der Waals surface area contributed by atoms with Gasteiger partial charge in [0.2, 0.25) is 0 Å². The number of rotatable bonds is 5. The molecular formula is C11H19N3O2S. The van der Waals surface area contributed by atoms with Crippen LogP contribution in [0.4, 0.5) is 0 Å². The maximum Gasteiger partial charge on any atom is 0.255 e. The van der Waals surface area contributed by atoms with E-state index in [2.05, 4.69) is 15.5 Å². The van der Waals surface area contributed by atoms with E-state index in [-0.39, 0.29) is 11.2 Å². The molecule has 0 bridgehead atoms. The van der Waals surface area contributed by atoms with Gasteiger partial charge < -0.3 is 5.32 Å². The Labute approximate surface area is 104 Å². The molecule has 1 heterocycles. The van der Waals surface area contributed by atoms with E-state index in [9.17, 15) is 9.00 Å². The summed E-state index contributed by atoms with van der Waals surface area (Å²) in [6.07, 6.45) is 2.39. The SMILES string of the molecule is Cc1n[nH]c(C)c1C(=O)NCCC(C)S(C)=O. The molecule has 0 saturated heterocycles. The second-order valence-electron chi connectivity index (χ2n) is 4.16. The van der Waals surface area contributed by atoms with Crippen molar-refractivity contribution < 1.29 is 9.00 Å². The highest BCUT2D eigenvalue weighted by Crippen LogP contribution is 2.08. The van der Waals surface area contributed by atoms with Crippen LogP contribution >= 0.6 is 0 Å². The third kappa shape index (κ3) is 3.66. The lowest BCUT2D eigenvalue weighted by Gasteiger charge is -2.09. The van der Waals surface area contributed by atoms with Gasteiger partial charge >= 0.3 is 0 Å². The maximum atomic E-state index is 11.9. The molecule has 5 nitrogen and oxygen atoms in total. The standard InChI is InChI=1S/C11H19N3O2S/c1-7(17(4)16)5-6-12-11(15)10-8(2)13-14-9(10)3/h7H,5-6H2,1-4H3,(H,12,15)(H,13,14). The van der Waals surface area contributed by atoms with E-state index in [4.69, 9.17) is 0 Å². The maximum absolute atomic E-state index is 11.9. The lowest BCUT2D eigenvalue weighted by molar-refractivity contribution is 0.0952. The fourth-order valence-corrected chi connectivity index (χ4v) is 1.98. The minimum Gasteiger partial charge on any atom is -0.352 e. The van der Waals surface area contributed by atoms with Crippen LogP contribution in [0.3, 0.4) is 0 Å². The van der Waals surface area contributed by atoms with Gasteiger partial charge in [-0.15, -0.1) is 0 Å². The van der Waals surface area contributed by atoms with Crippen molar-refractivity contribution in [2.75, 3.05) is 12.8 Å². The molecule has 0 aliphatic heterocycles. The molecule has 6 heteroatoms. The smallest absolute Gasteiger partial charge is 0.255 e. The first-order chi connectivity index (χ1) is 7.93. The lowest BCUT2D eigenvalue weighted by atomic mass is 10.2. The summed E-state index contributed by atoms with van der Waals surface area (Å²) in [6, 6.07) is 0. The Morgan fingerprint density at radius 2 is 2.18 bits per heavy atom. The van der Waals surface area contributed by atoms with E-state index < -0.39 is 10.8 Å². The summed E-state index contributed by atoms with van der Waals surface area (Å²) in [5.41, 5.74) is 2.08. The van der Waals surface area contributed by atoms with Gasteiger partial charge in [0.05, 0.1) is 11.3 Å². The highest BCUT2D eigenvalue weighted by molar-refractivity contribution is 7.84. The molecule has 1 aromatic heterocycles. The molecule has 0 radical (unpaired) electrons. The Balaban J connectivity index is 2.49. The highest BCUT2D eigenvalue weighted by Gasteiger charge is 2.15. The van der Waals surface area contributed by atoms with Crippen LogP contribution in [0.2, 0.25) is 0 Å². The molecule has 0 fully saturated rings. The predicted molar refractivity (Wildman–Crippen MR) is 68.5 cm³/mol. The number of carbonyl (C=O) groups excluding carboxylic acids is 1. The molecule has 96 valence electrons. The van der Waals surface area contributed by atoms with Crippen LogP contribution in [-0.4, -0.2) is 38.4 Å². The van der Waals surface area contributed by atoms with Crippen LogP contribution in [0, 0.1) is 13.8 Å². The first kappa shape index (κ1) is 13.9. The molecule has 1 amide bonds. The van der Waals surface area contributed by atoms with Crippen molar-refractivity contribution in [3.05, 3.63) is 17.0 Å². The molecule has 1 rings (SSSR count). The van der Waals surface area contributed by atoms with Crippen molar-refractivity contribution in [1.29, 1.82) is 0 Å². The van der Waals surface area contributed by atoms with Crippen molar-refractivity contribution >= 4 is 16.7 Å². The van der Waals surface area contributed by atoms with E-state index in [1.165, 1.54) is 0 Å². The molecule has 2 N–H and O–H groups in total. The molecule has 17 heavy (non-hydrogen) atoms. The van der Waals surface area contributed by atoms with Crippen LogP contribution in [-0.2, 0) is 10.8 Å². The van der Waals surface area contributed by atoms with Crippen LogP contribution in [0.25, 0.3) is 0 Å². The van der Waals surface area contributed by atoms with Crippen LogP contribution in [0.1, 0.15) is 35.1 Å². The van der Waals surface area contributed by atoms with Crippen LogP contribution < -0.4 is 5.32 Å². The number of H-pyrrole nitrogens is 1. The zero-order chi connectivity index (χ0) is 13.0. The number of carbonyl (C=O) groups is 1. The molecular weight excluding hydrogens is 238 g/mol. The average Bonchev–Trinajstić information content (AvgIpc) is 2.58. The first-order valence-electron chi connectivity index (χ1n) is 5.55. The average molecular weight is 257 g/mol. The normalized spacial score (nSPS) is 14.4. The van der Waals surface area contributed by atoms with Crippen molar-refractivity contribution in [2.45, 2.75) is 32.4 Å². The summed E-state index contributed by atoms with van der Waals surface area (Å²) in [4.78, 5) is 11.9. The Hall–Kier alpha value is -1.17. The second-order valence-corrected chi connectivity index (χ2v) is 5.96. The van der Waals surface area contributed by atoms with E-state index in [1.807, 2.05) is 13.8 Å². The van der Waals surface area contributed by atoms with Gasteiger partial charge in [0.25, 0.3) is 5.91 Å². The topological polar surface area (TPSA) is 74.8 Å². The molecule has 0 aromatic carbocycles. The number of nitrogens with zero attached hydrogens (tertiary/aromatic N) is 1. The zero-order valence-electron chi connectivity index (χ0n) is 10.7. The molecule has 0 spiro atoms. The molecule has 0 saturated carbocycles. The summed E-state index contributed by atoms with van der Waals surface area (Å²) in [7, 11) is -0.840. The molecule has 2 atom stereocenters. The summed E-state index contributed by atoms with van der Waals surface area (Å²) >= 11 is 0. The number of hydrogen-bond acceptors (Lipinski definition) is 3. The zero-order valence-corrected chi connectivity index (χ0v) is 11.5. The Morgan fingerprint density at radius 3 is 2.65 bits per heavy atom. The minimum absolute atomic E-state index is 0.0989. The van der Waals surface area contributed by atoms with Crippen molar-refractivity contribution in [3.63, 3.8) is 0 Å². The molecule has 0 aliphatic rings. The number of aromatic nitrogens is 2. The van der Waals surface area contributed by atoms with Gasteiger partial charge in [0, 0.05) is 34.5 Å². The Kier molecular flexibility index (Phi) is 4.86. The van der Waals surface area contributed by atoms with Gasteiger partial charge in [-0.05, 0) is 20.3 Å². The third-order valence-corrected chi connectivity index (χ3v) is 4.13. The third-order valence-electron chi connectivity index (χ3n) is 2.76. The van der Waals surface area contributed by atoms with Crippen LogP contribution in [0.15, 0.2) is 0 Å². The summed E-state index contributed by atoms with van der Waals surface area (Å²) in [5.74, 6) is -0.122. The summed E-state index contributed by atoms with van der Waals surface area (Å²) in [5, 5.41) is 9.67. The fourth-order valence-electron chi connectivity index (χ4n) is 1.53. The predicted octanol–water partition coefficient (Wildman–Crippen LogP) is 0.913. The first-order valence-corrected chi connectivity index (χ1v) is 7.17. The van der Waals surface area contributed by atoms with E-state index >= 15 is 0 Å². The van der Waals surface area contributed by atoms with Crippen molar-refractivity contribution in [3.8, 4) is 0 Å². The number of aryl methyl sites for hydroxylation is 2. The van der Waals surface area contributed by atoms with Gasteiger partial charge in [-0.2, -0.15) is 5.10 Å². The number of nitrogens with one attached hydrogen (secondary N) is 2.